The molecule has 1 spiro atoms. The SMILES string of the molecule is O=C1CC2(CCN(CCC3COCCO3)CC2)CC(=O)N1. The smallest absolute Gasteiger partial charge is 0.227 e. The molecule has 6 nitrogen and oxygen atoms in total. The van der Waals surface area contributed by atoms with E-state index < -0.39 is 0 Å². The molecule has 2 amide bonds. The van der Waals surface area contributed by atoms with Gasteiger partial charge in [0, 0.05) is 19.4 Å². The van der Waals surface area contributed by atoms with Crippen molar-refractivity contribution in [2.24, 2.45) is 5.41 Å². The van der Waals surface area contributed by atoms with E-state index in [0.29, 0.717) is 32.7 Å². The van der Waals surface area contributed by atoms with Gasteiger partial charge in [-0.05, 0) is 37.8 Å². The third-order valence-corrected chi connectivity index (χ3v) is 4.92. The summed E-state index contributed by atoms with van der Waals surface area (Å²) < 4.78 is 11.1. The number of imide groups is 1. The van der Waals surface area contributed by atoms with Crippen molar-refractivity contribution in [3.8, 4) is 0 Å². The van der Waals surface area contributed by atoms with Crippen LogP contribution in [-0.4, -0.2) is 62.3 Å². The Morgan fingerprint density at radius 2 is 1.86 bits per heavy atom. The maximum Gasteiger partial charge on any atom is 0.227 e. The van der Waals surface area contributed by atoms with E-state index in [1.807, 2.05) is 0 Å². The number of hydrogen-bond acceptors (Lipinski definition) is 5. The molecule has 0 aliphatic carbocycles. The number of nitrogens with zero attached hydrogens (tertiary/aromatic N) is 1. The zero-order valence-corrected chi connectivity index (χ0v) is 12.4. The summed E-state index contributed by atoms with van der Waals surface area (Å²) in [6.45, 7) is 5.04. The molecular weight excluding hydrogens is 272 g/mol. The predicted octanol–water partition coefficient (Wildman–Crippen LogP) is 0.311. The van der Waals surface area contributed by atoms with Crippen molar-refractivity contribution in [1.29, 1.82) is 0 Å². The lowest BCUT2D eigenvalue weighted by Gasteiger charge is -2.43. The molecule has 21 heavy (non-hydrogen) atoms. The van der Waals surface area contributed by atoms with Gasteiger partial charge in [0.15, 0.2) is 0 Å². The van der Waals surface area contributed by atoms with E-state index in [-0.39, 0.29) is 23.3 Å². The van der Waals surface area contributed by atoms with E-state index in [1.165, 1.54) is 0 Å². The van der Waals surface area contributed by atoms with Crippen molar-refractivity contribution >= 4 is 11.8 Å². The maximum absolute atomic E-state index is 11.6. The average molecular weight is 296 g/mol. The van der Waals surface area contributed by atoms with Crippen LogP contribution in [0.4, 0.5) is 0 Å². The molecule has 0 aromatic rings. The van der Waals surface area contributed by atoms with Gasteiger partial charge in [0.2, 0.25) is 11.8 Å². The molecular formula is C15H24N2O4. The highest BCUT2D eigenvalue weighted by Crippen LogP contribution is 2.40. The van der Waals surface area contributed by atoms with Crippen LogP contribution in [0.25, 0.3) is 0 Å². The van der Waals surface area contributed by atoms with E-state index in [4.69, 9.17) is 9.47 Å². The summed E-state index contributed by atoms with van der Waals surface area (Å²) in [4.78, 5) is 25.6. The largest absolute Gasteiger partial charge is 0.376 e. The Morgan fingerprint density at radius 1 is 1.14 bits per heavy atom. The van der Waals surface area contributed by atoms with E-state index in [1.54, 1.807) is 0 Å². The lowest BCUT2D eigenvalue weighted by atomic mass is 9.71. The van der Waals surface area contributed by atoms with Gasteiger partial charge in [-0.3, -0.25) is 14.9 Å². The minimum atomic E-state index is -0.104. The molecule has 0 aromatic carbocycles. The molecule has 1 unspecified atom stereocenters. The van der Waals surface area contributed by atoms with Crippen LogP contribution in [0.5, 0.6) is 0 Å². The second kappa shape index (κ2) is 6.42. The zero-order valence-electron chi connectivity index (χ0n) is 12.4. The molecule has 1 N–H and O–H groups in total. The summed E-state index contributed by atoms with van der Waals surface area (Å²) >= 11 is 0. The number of hydrogen-bond donors (Lipinski definition) is 1. The third kappa shape index (κ3) is 3.81. The lowest BCUT2D eigenvalue weighted by molar-refractivity contribution is -0.139. The summed E-state index contributed by atoms with van der Waals surface area (Å²) in [6.07, 6.45) is 4.10. The highest BCUT2D eigenvalue weighted by molar-refractivity contribution is 5.98. The monoisotopic (exact) mass is 296 g/mol. The normalized spacial score (nSPS) is 30.4. The van der Waals surface area contributed by atoms with E-state index >= 15 is 0 Å². The quantitative estimate of drug-likeness (QED) is 0.759. The number of piperidine rings is 2. The van der Waals surface area contributed by atoms with Gasteiger partial charge in [-0.1, -0.05) is 0 Å². The number of carbonyl (C=O) groups is 2. The number of likely N-dealkylation sites (tertiary alicyclic amines) is 1. The Bertz CT molecular complexity index is 380. The van der Waals surface area contributed by atoms with Crippen LogP contribution in [0.1, 0.15) is 32.1 Å². The van der Waals surface area contributed by atoms with Gasteiger partial charge in [0.05, 0.1) is 25.9 Å². The van der Waals surface area contributed by atoms with Crippen molar-refractivity contribution in [3.05, 3.63) is 0 Å². The summed E-state index contributed by atoms with van der Waals surface area (Å²) in [5.41, 5.74) is -0.0830. The van der Waals surface area contributed by atoms with Gasteiger partial charge >= 0.3 is 0 Å². The Labute approximate surface area is 125 Å². The van der Waals surface area contributed by atoms with Crippen LogP contribution in [-0.2, 0) is 19.1 Å². The number of carbonyl (C=O) groups excluding carboxylic acids is 2. The minimum Gasteiger partial charge on any atom is -0.376 e. The van der Waals surface area contributed by atoms with Crippen molar-refractivity contribution in [2.75, 3.05) is 39.5 Å². The maximum atomic E-state index is 11.6. The van der Waals surface area contributed by atoms with Gasteiger partial charge in [-0.2, -0.15) is 0 Å². The van der Waals surface area contributed by atoms with Gasteiger partial charge in [-0.25, -0.2) is 0 Å². The van der Waals surface area contributed by atoms with E-state index in [2.05, 4.69) is 10.2 Å². The molecule has 118 valence electrons. The highest BCUT2D eigenvalue weighted by Gasteiger charge is 2.41. The molecule has 3 saturated heterocycles. The number of nitrogens with one attached hydrogen (secondary N) is 1. The lowest BCUT2D eigenvalue weighted by Crippen LogP contribution is -2.50. The molecule has 3 fully saturated rings. The van der Waals surface area contributed by atoms with Gasteiger partial charge in [0.25, 0.3) is 0 Å². The summed E-state index contributed by atoms with van der Waals surface area (Å²) in [5.74, 6) is -0.208. The van der Waals surface area contributed by atoms with Crippen LogP contribution >= 0.6 is 0 Å². The fourth-order valence-electron chi connectivity index (χ4n) is 3.62. The molecule has 0 aromatic heterocycles. The average Bonchev–Trinajstić information content (AvgIpc) is 2.47. The van der Waals surface area contributed by atoms with Crippen LogP contribution < -0.4 is 5.32 Å². The van der Waals surface area contributed by atoms with Crippen LogP contribution in [0.2, 0.25) is 0 Å². The first kappa shape index (κ1) is 14.9. The second-order valence-corrected chi connectivity index (χ2v) is 6.52. The van der Waals surface area contributed by atoms with Gasteiger partial charge < -0.3 is 14.4 Å². The minimum absolute atomic E-state index is 0.0830. The predicted molar refractivity (Wildman–Crippen MR) is 75.7 cm³/mol. The molecule has 0 saturated carbocycles. The Balaban J connectivity index is 1.44. The van der Waals surface area contributed by atoms with E-state index in [0.717, 1.165) is 38.9 Å². The van der Waals surface area contributed by atoms with Crippen LogP contribution in [0, 0.1) is 5.41 Å². The molecule has 3 aliphatic heterocycles. The number of rotatable bonds is 3. The molecule has 1 atom stereocenters. The first-order chi connectivity index (χ1) is 10.2. The topological polar surface area (TPSA) is 67.9 Å². The molecule has 3 aliphatic rings. The zero-order chi connectivity index (χ0) is 14.7. The van der Waals surface area contributed by atoms with E-state index in [9.17, 15) is 9.59 Å². The fraction of sp³-hybridized carbons (Fsp3) is 0.867. The first-order valence-corrected chi connectivity index (χ1v) is 7.90. The summed E-state index contributed by atoms with van der Waals surface area (Å²) in [6, 6.07) is 0. The fourth-order valence-corrected chi connectivity index (χ4v) is 3.62. The molecule has 6 heteroatoms. The van der Waals surface area contributed by atoms with Crippen LogP contribution in [0.3, 0.4) is 0 Å². The second-order valence-electron chi connectivity index (χ2n) is 6.52. The summed E-state index contributed by atoms with van der Waals surface area (Å²) in [7, 11) is 0. The van der Waals surface area contributed by atoms with Crippen molar-refractivity contribution in [3.63, 3.8) is 0 Å². The highest BCUT2D eigenvalue weighted by atomic mass is 16.6. The molecule has 0 bridgehead atoms. The van der Waals surface area contributed by atoms with Crippen LogP contribution in [0.15, 0.2) is 0 Å². The number of ether oxygens (including phenoxy) is 2. The summed E-state index contributed by atoms with van der Waals surface area (Å²) in [5, 5.41) is 2.41. The van der Waals surface area contributed by atoms with Crippen molar-refractivity contribution in [2.45, 2.75) is 38.2 Å². The van der Waals surface area contributed by atoms with Crippen molar-refractivity contribution in [1.82, 2.24) is 10.2 Å². The Hall–Kier alpha value is -0.980. The Morgan fingerprint density at radius 3 is 2.48 bits per heavy atom. The van der Waals surface area contributed by atoms with Gasteiger partial charge in [-0.15, -0.1) is 0 Å². The Kier molecular flexibility index (Phi) is 4.57. The van der Waals surface area contributed by atoms with Gasteiger partial charge in [0.1, 0.15) is 0 Å². The standard InChI is InChI=1S/C15H24N2O4/c18-13-9-15(10-14(19)16-13)2-5-17(6-3-15)4-1-12-11-20-7-8-21-12/h12H,1-11H2,(H,16,18,19). The molecule has 3 heterocycles. The number of amides is 2. The first-order valence-electron chi connectivity index (χ1n) is 7.90. The molecule has 3 rings (SSSR count). The third-order valence-electron chi connectivity index (χ3n) is 4.92. The molecule has 0 radical (unpaired) electrons. The van der Waals surface area contributed by atoms with Crippen molar-refractivity contribution < 1.29 is 19.1 Å².